The maximum atomic E-state index is 10.1. The number of hydrogen-bond acceptors (Lipinski definition) is 3. The Balaban J connectivity index is 0. The van der Waals surface area contributed by atoms with E-state index in [4.69, 9.17) is 0 Å². The Kier molecular flexibility index (Phi) is 7.97. The van der Waals surface area contributed by atoms with Crippen LogP contribution in [0.3, 0.4) is 0 Å². The van der Waals surface area contributed by atoms with E-state index in [2.05, 4.69) is 0 Å². The summed E-state index contributed by atoms with van der Waals surface area (Å²) in [5.41, 5.74) is -0.440. The maximum Gasteiger partial charge on any atom is 0.0645 e. The van der Waals surface area contributed by atoms with Gasteiger partial charge in [-0.1, -0.05) is 0 Å². The van der Waals surface area contributed by atoms with E-state index in [0.29, 0.717) is 0 Å². The molecule has 0 aromatic carbocycles. The summed E-state index contributed by atoms with van der Waals surface area (Å²) in [7, 11) is 0. The van der Waals surface area contributed by atoms with E-state index in [0.717, 1.165) is 6.92 Å². The van der Waals surface area contributed by atoms with Crippen LogP contribution in [-0.4, -0.2) is 12.1 Å². The third-order valence-electron chi connectivity index (χ3n) is 0.607. The first-order valence-electron chi connectivity index (χ1n) is 1.93. The molecule has 0 unspecified atom stereocenters. The van der Waals surface area contributed by atoms with Gasteiger partial charge in [0.15, 0.2) is 0 Å². The predicted octanol–water partition coefficient (Wildman–Crippen LogP) is -1.07. The molecule has 0 spiro atoms. The summed E-state index contributed by atoms with van der Waals surface area (Å²) in [6, 6.07) is 0. The summed E-state index contributed by atoms with van der Waals surface area (Å²) in [4.78, 5) is 19.6. The molecule has 0 saturated heterocycles. The monoisotopic (exact) mass is 201 g/mol. The van der Waals surface area contributed by atoms with Crippen LogP contribution in [0.4, 0.5) is 0 Å². The number of hydrogen-bond donors (Lipinski definition) is 0. The van der Waals surface area contributed by atoms with E-state index in [1.54, 1.807) is 0 Å². The molecule has 0 heterocycles. The summed E-state index contributed by atoms with van der Waals surface area (Å²) >= 11 is 0. The minimum absolute atomic E-state index is 0. The second-order valence-electron chi connectivity index (χ2n) is 1.19. The zero-order valence-corrected chi connectivity index (χ0v) is 7.72. The Labute approximate surface area is 78.0 Å². The first-order chi connectivity index (χ1) is 3.72. The average molecular weight is 201 g/mol. The molecule has 3 nitrogen and oxygen atoms in total. The Morgan fingerprint density at radius 2 is 2.11 bits per heavy atom. The van der Waals surface area contributed by atoms with Crippen LogP contribution in [-0.2, 0) is 42.3 Å². The first-order valence-corrected chi connectivity index (χ1v) is 1.93. The number of allylic oxidation sites excluding steroid dienone is 1. The molecule has 47 valence electrons. The van der Waals surface area contributed by atoms with E-state index < -0.39 is 11.4 Å². The molecule has 0 fully saturated rings. The van der Waals surface area contributed by atoms with Crippen molar-refractivity contribution < 1.29 is 47.4 Å². The third kappa shape index (κ3) is 4.48. The van der Waals surface area contributed by atoms with E-state index in [-0.39, 0.29) is 39.0 Å². The first kappa shape index (κ1) is 11.7. The van der Waals surface area contributed by atoms with Crippen LogP contribution in [0.25, 0.3) is 0 Å². The van der Waals surface area contributed by atoms with Gasteiger partial charge in [-0.3, -0.25) is 6.26 Å². The molecule has 0 N–H and O–H groups in total. The quantitative estimate of drug-likeness (QED) is 0.188. The summed E-state index contributed by atoms with van der Waals surface area (Å²) in [6.07, 6.45) is 1.39. The number of ketones is 1. The summed E-state index contributed by atoms with van der Waals surface area (Å²) in [5, 5.41) is 9.66. The van der Waals surface area contributed by atoms with Crippen LogP contribution in [0.5, 0.6) is 0 Å². The van der Waals surface area contributed by atoms with Crippen LogP contribution in [0.1, 0.15) is 6.92 Å². The minimum atomic E-state index is -0.546. The van der Waals surface area contributed by atoms with Crippen molar-refractivity contribution >= 4 is 12.1 Å². The van der Waals surface area contributed by atoms with Gasteiger partial charge in [0.2, 0.25) is 0 Å². The van der Waals surface area contributed by atoms with Crippen molar-refractivity contribution in [3.05, 3.63) is 11.8 Å². The minimum Gasteiger partial charge on any atom is -0.933 e. The molecule has 0 aromatic rings. The van der Waals surface area contributed by atoms with Crippen molar-refractivity contribution in [2.24, 2.45) is 0 Å². The molecule has 4 heteroatoms. The van der Waals surface area contributed by atoms with Gasteiger partial charge in [-0.05, 0) is 6.92 Å². The molecule has 0 atom stereocenters. The Morgan fingerprint density at radius 1 is 1.67 bits per heavy atom. The summed E-state index contributed by atoms with van der Waals surface area (Å²) in [5.74, 6) is -0.546. The molecule has 0 aliphatic carbocycles. The van der Waals surface area contributed by atoms with E-state index in [9.17, 15) is 14.7 Å². The van der Waals surface area contributed by atoms with Crippen molar-refractivity contribution in [3.8, 4) is 0 Å². The fraction of sp³-hybridized carbons (Fsp3) is 0.200. The van der Waals surface area contributed by atoms with Gasteiger partial charge >= 0.3 is 0 Å². The van der Waals surface area contributed by atoms with Crippen LogP contribution in [0, 0.1) is 0 Å². The molecule has 0 amide bonds. The van der Waals surface area contributed by atoms with Crippen LogP contribution < -0.4 is 5.11 Å². The van der Waals surface area contributed by atoms with Gasteiger partial charge in [-0.25, -0.2) is 0 Å². The summed E-state index contributed by atoms with van der Waals surface area (Å²) < 4.78 is 0. The van der Waals surface area contributed by atoms with Gasteiger partial charge in [0.1, 0.15) is 0 Å². The van der Waals surface area contributed by atoms with Crippen molar-refractivity contribution in [2.75, 3.05) is 0 Å². The van der Waals surface area contributed by atoms with E-state index >= 15 is 0 Å². The van der Waals surface area contributed by atoms with Crippen LogP contribution in [0.2, 0.25) is 0 Å². The molecule has 0 aliphatic heterocycles. The summed E-state index contributed by atoms with van der Waals surface area (Å²) in [6.45, 7) is 1.13. The molecule has 0 saturated carbocycles. The Bertz CT molecular complexity index is 139. The fourth-order valence-electron chi connectivity index (χ4n) is 0.179. The normalized spacial score (nSPS) is 9.67. The van der Waals surface area contributed by atoms with E-state index in [1.165, 1.54) is 6.29 Å². The van der Waals surface area contributed by atoms with Gasteiger partial charge in [0.05, 0.1) is 6.29 Å². The molecule has 0 aliphatic rings. The largest absolute Gasteiger partial charge is 0.933 e. The van der Waals surface area contributed by atoms with Crippen molar-refractivity contribution in [3.63, 3.8) is 0 Å². The van der Waals surface area contributed by atoms with Crippen molar-refractivity contribution in [1.29, 1.82) is 0 Å². The number of carbonyl (C=O) groups is 1. The molecule has 0 rings (SSSR count). The number of rotatable bonds is 2. The van der Waals surface area contributed by atoms with Crippen molar-refractivity contribution in [1.82, 2.24) is 0 Å². The number of Topliss-reactive ketones (excluding diaryl/α,β-unsaturated/α-hetero) is 1. The zero-order chi connectivity index (χ0) is 6.57. The van der Waals surface area contributed by atoms with Crippen LogP contribution >= 0.6 is 0 Å². The fourth-order valence-corrected chi connectivity index (χ4v) is 0.179. The molecular weight excluding hydrogens is 197 g/mol. The van der Waals surface area contributed by atoms with Gasteiger partial charge in [-0.15, -0.1) is 5.57 Å². The van der Waals surface area contributed by atoms with Gasteiger partial charge in [-0.2, -0.15) is 0 Å². The van der Waals surface area contributed by atoms with Crippen molar-refractivity contribution in [2.45, 2.75) is 6.92 Å². The molecular formula is C5H4O3Y-2. The number of carbonyl (C=O) groups excluding carboxylic acids is 2. The third-order valence-corrected chi connectivity index (χ3v) is 0.607. The topological polar surface area (TPSA) is 57.2 Å². The van der Waals surface area contributed by atoms with Gasteiger partial charge in [0.25, 0.3) is 0 Å². The molecule has 9 heavy (non-hydrogen) atoms. The van der Waals surface area contributed by atoms with E-state index in [1.807, 2.05) is 0 Å². The second-order valence-corrected chi connectivity index (χ2v) is 1.19. The standard InChI is InChI=1S/C5H5O3.Y/c1-4(8)5(2-6)3-7;/h2,6H,1H3;/q-1;/p-1/b5-2+;. The SMILES string of the molecule is CC(=O)/C([C-]=O)=C/[O-].[Y]. The maximum absolute atomic E-state index is 10.1. The molecule has 1 radical (unpaired) electrons. The molecule has 0 aromatic heterocycles. The Morgan fingerprint density at radius 3 is 2.11 bits per heavy atom. The smallest absolute Gasteiger partial charge is 0.0645 e. The average Bonchev–Trinajstić information content (AvgIpc) is 1.69. The molecule has 0 bridgehead atoms. The van der Waals surface area contributed by atoms with Gasteiger partial charge < -0.3 is 14.7 Å². The predicted molar refractivity (Wildman–Crippen MR) is 24.5 cm³/mol. The Hall–Kier alpha value is -0.0161. The second kappa shape index (κ2) is 6.11. The van der Waals surface area contributed by atoms with Crippen LogP contribution in [0.15, 0.2) is 11.8 Å². The van der Waals surface area contributed by atoms with Gasteiger partial charge in [0, 0.05) is 38.5 Å². The zero-order valence-electron chi connectivity index (χ0n) is 4.88.